The van der Waals surface area contributed by atoms with E-state index >= 15 is 0 Å². The van der Waals surface area contributed by atoms with Gasteiger partial charge in [0.25, 0.3) is 11.6 Å². The average Bonchev–Trinajstić information content (AvgIpc) is 3.14. The van der Waals surface area contributed by atoms with Crippen LogP contribution in [0.5, 0.6) is 0 Å². The van der Waals surface area contributed by atoms with Crippen LogP contribution in [0.3, 0.4) is 0 Å². The molecule has 0 spiro atoms. The van der Waals surface area contributed by atoms with Crippen LogP contribution in [0.1, 0.15) is 16.1 Å². The molecule has 1 aliphatic rings. The number of rotatable bonds is 4. The number of nitrogens with zero attached hydrogens (tertiary/aromatic N) is 4. The highest BCUT2D eigenvalue weighted by Crippen LogP contribution is 2.37. The molecule has 2 heterocycles. The fourth-order valence-electron chi connectivity index (χ4n) is 3.65. The van der Waals surface area contributed by atoms with E-state index in [1.165, 1.54) is 6.07 Å². The van der Waals surface area contributed by atoms with Crippen LogP contribution < -0.4 is 4.90 Å². The Morgan fingerprint density at radius 3 is 2.39 bits per heavy atom. The number of hydrogen-bond donors (Lipinski definition) is 0. The summed E-state index contributed by atoms with van der Waals surface area (Å²) >= 11 is 12.6. The number of carbonyl (C=O) groups is 1. The first-order chi connectivity index (χ1) is 14.9. The summed E-state index contributed by atoms with van der Waals surface area (Å²) in [6, 6.07) is 11.6. The monoisotopic (exact) mass is 460 g/mol. The molecule has 0 radical (unpaired) electrons. The molecule has 4 rings (SSSR count). The second-order valence-corrected chi connectivity index (χ2v) is 7.93. The summed E-state index contributed by atoms with van der Waals surface area (Å²) in [6.07, 6.45) is 0. The lowest BCUT2D eigenvalue weighted by Gasteiger charge is -2.36. The van der Waals surface area contributed by atoms with Crippen molar-refractivity contribution in [3.63, 3.8) is 0 Å². The van der Waals surface area contributed by atoms with Crippen LogP contribution in [0.25, 0.3) is 11.3 Å². The van der Waals surface area contributed by atoms with E-state index in [0.29, 0.717) is 58.8 Å². The van der Waals surface area contributed by atoms with E-state index in [-0.39, 0.29) is 11.6 Å². The molecule has 160 valence electrons. The molecule has 0 atom stereocenters. The predicted molar refractivity (Wildman–Crippen MR) is 118 cm³/mol. The lowest BCUT2D eigenvalue weighted by Crippen LogP contribution is -2.49. The minimum atomic E-state index is -0.417. The second-order valence-electron chi connectivity index (χ2n) is 7.12. The smallest absolute Gasteiger partial charge is 0.271 e. The van der Waals surface area contributed by atoms with Gasteiger partial charge in [0, 0.05) is 49.6 Å². The van der Waals surface area contributed by atoms with Gasteiger partial charge < -0.3 is 14.3 Å². The van der Waals surface area contributed by atoms with Crippen molar-refractivity contribution in [3.8, 4) is 11.3 Å². The third kappa shape index (κ3) is 4.08. The molecular formula is C21H18Cl2N4O4. The normalized spacial score (nSPS) is 14.0. The zero-order chi connectivity index (χ0) is 22.1. The van der Waals surface area contributed by atoms with E-state index in [4.69, 9.17) is 27.7 Å². The number of carbonyl (C=O) groups excluding carboxylic acids is 1. The molecule has 1 amide bonds. The van der Waals surface area contributed by atoms with E-state index in [0.717, 1.165) is 5.69 Å². The Balaban J connectivity index is 1.55. The number of halogens is 2. The number of aryl methyl sites for hydroxylation is 1. The molecule has 3 aromatic rings. The first-order valence-corrected chi connectivity index (χ1v) is 10.3. The van der Waals surface area contributed by atoms with E-state index < -0.39 is 4.92 Å². The highest BCUT2D eigenvalue weighted by molar-refractivity contribution is 6.39. The Labute approximate surface area is 188 Å². The molecule has 0 aliphatic carbocycles. The number of piperazine rings is 1. The number of benzene rings is 2. The van der Waals surface area contributed by atoms with Gasteiger partial charge in [-0.1, -0.05) is 40.5 Å². The fraction of sp³-hybridized carbons (Fsp3) is 0.238. The van der Waals surface area contributed by atoms with Gasteiger partial charge in [-0.3, -0.25) is 14.9 Å². The molecule has 8 nitrogen and oxygen atoms in total. The van der Waals surface area contributed by atoms with Crippen molar-refractivity contribution in [2.75, 3.05) is 31.1 Å². The van der Waals surface area contributed by atoms with Crippen molar-refractivity contribution in [1.29, 1.82) is 0 Å². The second kappa shape index (κ2) is 8.56. The topological polar surface area (TPSA) is 92.7 Å². The van der Waals surface area contributed by atoms with Gasteiger partial charge >= 0.3 is 0 Å². The minimum Gasteiger partial charge on any atom is -0.368 e. The lowest BCUT2D eigenvalue weighted by atomic mass is 10.0. The van der Waals surface area contributed by atoms with Gasteiger partial charge in [0.05, 0.1) is 15.0 Å². The molecule has 1 fully saturated rings. The highest BCUT2D eigenvalue weighted by Gasteiger charge is 2.30. The van der Waals surface area contributed by atoms with Crippen molar-refractivity contribution in [2.24, 2.45) is 0 Å². The maximum atomic E-state index is 13.3. The van der Waals surface area contributed by atoms with Crippen LogP contribution in [0.2, 0.25) is 10.0 Å². The van der Waals surface area contributed by atoms with Crippen LogP contribution in [-0.4, -0.2) is 47.1 Å². The van der Waals surface area contributed by atoms with Gasteiger partial charge in [0.1, 0.15) is 17.0 Å². The first kappa shape index (κ1) is 21.1. The SMILES string of the molecule is Cc1onc(-c2c(Cl)cccc2Cl)c1C(=O)N1CCN(c2cccc([N+](=O)[O-])c2)CC1. The zero-order valence-corrected chi connectivity index (χ0v) is 18.1. The number of hydrogen-bond acceptors (Lipinski definition) is 6. The summed E-state index contributed by atoms with van der Waals surface area (Å²) in [5.41, 5.74) is 1.91. The van der Waals surface area contributed by atoms with Gasteiger partial charge in [-0.2, -0.15) is 0 Å². The van der Waals surface area contributed by atoms with Crippen molar-refractivity contribution in [1.82, 2.24) is 10.1 Å². The average molecular weight is 461 g/mol. The zero-order valence-electron chi connectivity index (χ0n) is 16.5. The third-order valence-electron chi connectivity index (χ3n) is 5.25. The molecular weight excluding hydrogens is 443 g/mol. The summed E-state index contributed by atoms with van der Waals surface area (Å²) in [7, 11) is 0. The maximum Gasteiger partial charge on any atom is 0.271 e. The summed E-state index contributed by atoms with van der Waals surface area (Å²) in [6.45, 7) is 3.65. The van der Waals surface area contributed by atoms with Crippen LogP contribution in [0, 0.1) is 17.0 Å². The highest BCUT2D eigenvalue weighted by atomic mass is 35.5. The Kier molecular flexibility index (Phi) is 5.84. The Morgan fingerprint density at radius 1 is 1.10 bits per heavy atom. The number of amides is 1. The molecule has 1 aromatic heterocycles. The molecule has 31 heavy (non-hydrogen) atoms. The Morgan fingerprint density at radius 2 is 1.74 bits per heavy atom. The number of nitro benzene ring substituents is 1. The van der Waals surface area contributed by atoms with Crippen molar-refractivity contribution >= 4 is 40.5 Å². The van der Waals surface area contributed by atoms with E-state index in [2.05, 4.69) is 5.16 Å². The molecule has 0 saturated carbocycles. The van der Waals surface area contributed by atoms with Gasteiger partial charge in [-0.25, -0.2) is 0 Å². The molecule has 0 bridgehead atoms. The quantitative estimate of drug-likeness (QED) is 0.408. The lowest BCUT2D eigenvalue weighted by molar-refractivity contribution is -0.384. The summed E-state index contributed by atoms with van der Waals surface area (Å²) in [5.74, 6) is 0.167. The van der Waals surface area contributed by atoms with E-state index in [1.807, 2.05) is 11.0 Å². The maximum absolute atomic E-state index is 13.3. The van der Waals surface area contributed by atoms with Gasteiger partial charge in [-0.05, 0) is 25.1 Å². The molecule has 2 aromatic carbocycles. The summed E-state index contributed by atoms with van der Waals surface area (Å²) in [5, 5.41) is 15.8. The standard InChI is InChI=1S/C21H18Cl2N4O4/c1-13-18(20(24-31-13)19-16(22)6-3-7-17(19)23)21(28)26-10-8-25(9-11-26)14-4-2-5-15(12-14)27(29)30/h2-7,12H,8-11H2,1H3. The Bertz CT molecular complexity index is 1140. The molecule has 10 heteroatoms. The fourth-order valence-corrected chi connectivity index (χ4v) is 4.22. The number of nitro groups is 1. The minimum absolute atomic E-state index is 0.0392. The molecule has 1 saturated heterocycles. The van der Waals surface area contributed by atoms with Crippen molar-refractivity contribution in [3.05, 3.63) is 73.9 Å². The number of anilines is 1. The van der Waals surface area contributed by atoms with Gasteiger partial charge in [-0.15, -0.1) is 0 Å². The molecule has 1 aliphatic heterocycles. The third-order valence-corrected chi connectivity index (χ3v) is 5.88. The Hall–Kier alpha value is -3.10. The summed E-state index contributed by atoms with van der Waals surface area (Å²) in [4.78, 5) is 27.7. The van der Waals surface area contributed by atoms with Crippen LogP contribution >= 0.6 is 23.2 Å². The van der Waals surface area contributed by atoms with Gasteiger partial charge in [0.2, 0.25) is 0 Å². The number of aromatic nitrogens is 1. The van der Waals surface area contributed by atoms with Crippen LogP contribution in [0.15, 0.2) is 47.0 Å². The van der Waals surface area contributed by atoms with Crippen molar-refractivity contribution in [2.45, 2.75) is 6.92 Å². The van der Waals surface area contributed by atoms with Crippen LogP contribution in [-0.2, 0) is 0 Å². The van der Waals surface area contributed by atoms with Crippen LogP contribution in [0.4, 0.5) is 11.4 Å². The molecule has 0 unspecified atom stereocenters. The summed E-state index contributed by atoms with van der Waals surface area (Å²) < 4.78 is 5.31. The number of non-ortho nitro benzene ring substituents is 1. The largest absolute Gasteiger partial charge is 0.368 e. The van der Waals surface area contributed by atoms with E-state index in [1.54, 1.807) is 42.2 Å². The molecule has 0 N–H and O–H groups in total. The predicted octanol–water partition coefficient (Wildman–Crippen LogP) is 4.83. The van der Waals surface area contributed by atoms with Gasteiger partial charge in [0.15, 0.2) is 0 Å². The van der Waals surface area contributed by atoms with E-state index in [9.17, 15) is 14.9 Å². The van der Waals surface area contributed by atoms with Crippen molar-refractivity contribution < 1.29 is 14.2 Å². The first-order valence-electron chi connectivity index (χ1n) is 9.56.